The first-order valence-electron chi connectivity index (χ1n) is 7.02. The minimum atomic E-state index is 0.643. The lowest BCUT2D eigenvalue weighted by atomic mass is 10.1. The third-order valence-electron chi connectivity index (χ3n) is 3.44. The molecule has 0 atom stereocenters. The van der Waals surface area contributed by atoms with Gasteiger partial charge in [0.1, 0.15) is 0 Å². The van der Waals surface area contributed by atoms with Crippen molar-refractivity contribution in [2.24, 2.45) is 11.7 Å². The van der Waals surface area contributed by atoms with E-state index in [0.717, 1.165) is 13.0 Å². The Labute approximate surface area is 116 Å². The van der Waals surface area contributed by atoms with Gasteiger partial charge in [0.2, 0.25) is 0 Å². The van der Waals surface area contributed by atoms with Crippen molar-refractivity contribution in [3.63, 3.8) is 0 Å². The molecule has 0 amide bonds. The standard InChI is InChI=1S/C16H25N3/c1-12(2)10-19-11-13(7-8-17)15-6-5-14(18(3)4)9-16(15)19/h5-6,9,11-12H,7-8,10,17H2,1-4H3. The number of hydrogen-bond acceptors (Lipinski definition) is 2. The van der Waals surface area contributed by atoms with Gasteiger partial charge in [0.25, 0.3) is 0 Å². The number of benzene rings is 1. The van der Waals surface area contributed by atoms with Gasteiger partial charge in [-0.05, 0) is 36.6 Å². The van der Waals surface area contributed by atoms with Crippen molar-refractivity contribution in [1.82, 2.24) is 4.57 Å². The summed E-state index contributed by atoms with van der Waals surface area (Å²) in [6.45, 7) is 6.27. The van der Waals surface area contributed by atoms with Crippen LogP contribution in [0.15, 0.2) is 24.4 Å². The maximum absolute atomic E-state index is 5.72. The third kappa shape index (κ3) is 2.92. The van der Waals surface area contributed by atoms with Crippen LogP contribution in [0.5, 0.6) is 0 Å². The number of nitrogens with two attached hydrogens (primary N) is 1. The Morgan fingerprint density at radius 2 is 2.00 bits per heavy atom. The van der Waals surface area contributed by atoms with E-state index in [9.17, 15) is 0 Å². The van der Waals surface area contributed by atoms with Crippen LogP contribution in [0, 0.1) is 5.92 Å². The van der Waals surface area contributed by atoms with Gasteiger partial charge in [-0.1, -0.05) is 19.9 Å². The zero-order chi connectivity index (χ0) is 14.0. The Balaban J connectivity index is 2.54. The van der Waals surface area contributed by atoms with Crippen LogP contribution in [0.4, 0.5) is 5.69 Å². The highest BCUT2D eigenvalue weighted by Crippen LogP contribution is 2.27. The molecule has 3 nitrogen and oxygen atoms in total. The summed E-state index contributed by atoms with van der Waals surface area (Å²) in [4.78, 5) is 2.15. The molecule has 2 N–H and O–H groups in total. The van der Waals surface area contributed by atoms with Gasteiger partial charge in [-0.2, -0.15) is 0 Å². The smallest absolute Gasteiger partial charge is 0.0504 e. The molecule has 0 fully saturated rings. The molecule has 19 heavy (non-hydrogen) atoms. The third-order valence-corrected chi connectivity index (χ3v) is 3.44. The Morgan fingerprint density at radius 3 is 2.58 bits per heavy atom. The van der Waals surface area contributed by atoms with Crippen LogP contribution in [-0.2, 0) is 13.0 Å². The van der Waals surface area contributed by atoms with E-state index < -0.39 is 0 Å². The predicted octanol–water partition coefficient (Wildman–Crippen LogP) is 2.86. The molecule has 2 rings (SSSR count). The lowest BCUT2D eigenvalue weighted by molar-refractivity contribution is 0.534. The largest absolute Gasteiger partial charge is 0.378 e. The van der Waals surface area contributed by atoms with Gasteiger partial charge >= 0.3 is 0 Å². The average molecular weight is 259 g/mol. The quantitative estimate of drug-likeness (QED) is 0.896. The van der Waals surface area contributed by atoms with E-state index in [2.05, 4.69) is 61.8 Å². The van der Waals surface area contributed by atoms with Gasteiger partial charge in [-0.15, -0.1) is 0 Å². The van der Waals surface area contributed by atoms with Gasteiger partial charge in [0.15, 0.2) is 0 Å². The van der Waals surface area contributed by atoms with Crippen molar-refractivity contribution in [3.8, 4) is 0 Å². The molecule has 2 aromatic rings. The van der Waals surface area contributed by atoms with Crippen molar-refractivity contribution < 1.29 is 0 Å². The Morgan fingerprint density at radius 1 is 1.26 bits per heavy atom. The topological polar surface area (TPSA) is 34.2 Å². The van der Waals surface area contributed by atoms with Gasteiger partial charge in [0, 0.05) is 37.9 Å². The molecule has 1 aromatic heterocycles. The van der Waals surface area contributed by atoms with E-state index >= 15 is 0 Å². The summed E-state index contributed by atoms with van der Waals surface area (Å²) in [5.74, 6) is 0.643. The van der Waals surface area contributed by atoms with E-state index in [0.29, 0.717) is 12.5 Å². The molecule has 1 heterocycles. The number of nitrogens with zero attached hydrogens (tertiary/aromatic N) is 2. The van der Waals surface area contributed by atoms with Crippen LogP contribution < -0.4 is 10.6 Å². The van der Waals surface area contributed by atoms with Crippen LogP contribution in [-0.4, -0.2) is 25.2 Å². The first-order valence-corrected chi connectivity index (χ1v) is 7.02. The van der Waals surface area contributed by atoms with Gasteiger partial charge in [-0.3, -0.25) is 0 Å². The van der Waals surface area contributed by atoms with Crippen molar-refractivity contribution in [3.05, 3.63) is 30.0 Å². The summed E-state index contributed by atoms with van der Waals surface area (Å²) in [6.07, 6.45) is 3.22. The monoisotopic (exact) mass is 259 g/mol. The molecule has 3 heteroatoms. The molecule has 0 aliphatic carbocycles. The second-order valence-electron chi connectivity index (χ2n) is 5.84. The van der Waals surface area contributed by atoms with E-state index in [1.165, 1.54) is 22.2 Å². The molecule has 0 spiro atoms. The van der Waals surface area contributed by atoms with E-state index in [1.807, 2.05) is 0 Å². The van der Waals surface area contributed by atoms with Crippen LogP contribution in [0.2, 0.25) is 0 Å². The fourth-order valence-electron chi connectivity index (χ4n) is 2.53. The van der Waals surface area contributed by atoms with Crippen LogP contribution in [0.3, 0.4) is 0 Å². The van der Waals surface area contributed by atoms with Crippen molar-refractivity contribution >= 4 is 16.6 Å². The molecule has 0 radical (unpaired) electrons. The fourth-order valence-corrected chi connectivity index (χ4v) is 2.53. The lowest BCUT2D eigenvalue weighted by Gasteiger charge is -2.14. The highest BCUT2D eigenvalue weighted by atomic mass is 15.1. The highest BCUT2D eigenvalue weighted by Gasteiger charge is 2.10. The van der Waals surface area contributed by atoms with Crippen molar-refractivity contribution in [2.75, 3.05) is 25.5 Å². The average Bonchev–Trinajstić information content (AvgIpc) is 2.67. The van der Waals surface area contributed by atoms with Crippen LogP contribution in [0.25, 0.3) is 10.9 Å². The van der Waals surface area contributed by atoms with E-state index in [4.69, 9.17) is 5.73 Å². The second kappa shape index (κ2) is 5.66. The molecule has 0 saturated carbocycles. The molecule has 1 aromatic carbocycles. The summed E-state index contributed by atoms with van der Waals surface area (Å²) in [5.41, 5.74) is 9.65. The first kappa shape index (κ1) is 13.9. The molecule has 0 unspecified atom stereocenters. The van der Waals surface area contributed by atoms with Gasteiger partial charge in [0.05, 0.1) is 5.52 Å². The summed E-state index contributed by atoms with van der Waals surface area (Å²) in [6, 6.07) is 6.69. The Bertz CT molecular complexity index is 552. The molecule has 0 aliphatic rings. The zero-order valence-corrected chi connectivity index (χ0v) is 12.5. The normalized spacial score (nSPS) is 11.5. The maximum Gasteiger partial charge on any atom is 0.0504 e. The van der Waals surface area contributed by atoms with E-state index in [1.54, 1.807) is 0 Å². The van der Waals surface area contributed by atoms with Crippen molar-refractivity contribution in [2.45, 2.75) is 26.8 Å². The molecular formula is C16H25N3. The SMILES string of the molecule is CC(C)Cn1cc(CCN)c2ccc(N(C)C)cc21. The molecule has 0 bridgehead atoms. The Hall–Kier alpha value is -1.48. The minimum Gasteiger partial charge on any atom is -0.378 e. The molecule has 0 aliphatic heterocycles. The Kier molecular flexibility index (Phi) is 4.15. The number of hydrogen-bond donors (Lipinski definition) is 1. The lowest BCUT2D eigenvalue weighted by Crippen LogP contribution is -2.09. The van der Waals surface area contributed by atoms with Crippen molar-refractivity contribution in [1.29, 1.82) is 0 Å². The first-order chi connectivity index (χ1) is 9.02. The van der Waals surface area contributed by atoms with Crippen LogP contribution in [0.1, 0.15) is 19.4 Å². The fraction of sp³-hybridized carbons (Fsp3) is 0.500. The van der Waals surface area contributed by atoms with Gasteiger partial charge < -0.3 is 15.2 Å². The maximum atomic E-state index is 5.72. The second-order valence-corrected chi connectivity index (χ2v) is 5.84. The van der Waals surface area contributed by atoms with Crippen LogP contribution >= 0.6 is 0 Å². The van der Waals surface area contributed by atoms with E-state index in [-0.39, 0.29) is 0 Å². The summed E-state index contributed by atoms with van der Waals surface area (Å²) in [7, 11) is 4.16. The number of rotatable bonds is 5. The molecular weight excluding hydrogens is 234 g/mol. The molecule has 104 valence electrons. The zero-order valence-electron chi connectivity index (χ0n) is 12.5. The summed E-state index contributed by atoms with van der Waals surface area (Å²) < 4.78 is 2.37. The number of anilines is 1. The molecule has 0 saturated heterocycles. The summed E-state index contributed by atoms with van der Waals surface area (Å²) >= 11 is 0. The number of aromatic nitrogens is 1. The van der Waals surface area contributed by atoms with Gasteiger partial charge in [-0.25, -0.2) is 0 Å². The number of fused-ring (bicyclic) bond motifs is 1. The highest BCUT2D eigenvalue weighted by molar-refractivity contribution is 5.87. The minimum absolute atomic E-state index is 0.643. The summed E-state index contributed by atoms with van der Waals surface area (Å²) in [5, 5.41) is 1.34. The predicted molar refractivity (Wildman–Crippen MR) is 83.9 cm³/mol.